The lowest BCUT2D eigenvalue weighted by Crippen LogP contribution is -2.17. The van der Waals surface area contributed by atoms with Gasteiger partial charge in [0.05, 0.1) is 30.2 Å². The molecule has 3 aromatic heterocycles. The van der Waals surface area contributed by atoms with E-state index in [-0.39, 0.29) is 0 Å². The highest BCUT2D eigenvalue weighted by molar-refractivity contribution is 7.07. The SMILES string of the molecule is COc1ccc(CN(C)Cc2cscn2)cc1-c1cnc2cccnn12. The molecule has 0 N–H and O–H groups in total. The number of hydrogen-bond acceptors (Lipinski definition) is 6. The van der Waals surface area contributed by atoms with Gasteiger partial charge in [-0.1, -0.05) is 6.07 Å². The van der Waals surface area contributed by atoms with Gasteiger partial charge in [-0.25, -0.2) is 14.5 Å². The van der Waals surface area contributed by atoms with Crippen LogP contribution in [0.4, 0.5) is 0 Å². The third-order valence-corrected chi connectivity index (χ3v) is 4.82. The van der Waals surface area contributed by atoms with Crippen molar-refractivity contribution in [3.8, 4) is 17.0 Å². The molecule has 0 spiro atoms. The molecule has 0 fully saturated rings. The largest absolute Gasteiger partial charge is 0.496 e. The summed E-state index contributed by atoms with van der Waals surface area (Å²) in [6.45, 7) is 1.64. The van der Waals surface area contributed by atoms with Crippen LogP contribution in [0, 0.1) is 0 Å². The summed E-state index contributed by atoms with van der Waals surface area (Å²) in [4.78, 5) is 11.0. The van der Waals surface area contributed by atoms with E-state index in [1.165, 1.54) is 5.56 Å². The number of imidazole rings is 1. The van der Waals surface area contributed by atoms with Crippen LogP contribution in [0.1, 0.15) is 11.3 Å². The molecule has 0 radical (unpaired) electrons. The van der Waals surface area contributed by atoms with Crippen LogP contribution in [0.25, 0.3) is 16.9 Å². The highest BCUT2D eigenvalue weighted by atomic mass is 32.1. The maximum absolute atomic E-state index is 5.57. The Labute approximate surface area is 155 Å². The van der Waals surface area contributed by atoms with Crippen LogP contribution in [0.15, 0.2) is 53.6 Å². The predicted molar refractivity (Wildman–Crippen MR) is 102 cm³/mol. The first-order valence-corrected chi connectivity index (χ1v) is 9.20. The zero-order valence-electron chi connectivity index (χ0n) is 14.7. The van der Waals surface area contributed by atoms with E-state index in [1.807, 2.05) is 34.4 Å². The van der Waals surface area contributed by atoms with E-state index in [0.29, 0.717) is 0 Å². The van der Waals surface area contributed by atoms with Crippen LogP contribution in [-0.2, 0) is 13.1 Å². The number of rotatable bonds is 6. The van der Waals surface area contributed by atoms with Gasteiger partial charge in [-0.2, -0.15) is 5.10 Å². The number of nitrogens with zero attached hydrogens (tertiary/aromatic N) is 5. The van der Waals surface area contributed by atoms with E-state index >= 15 is 0 Å². The third-order valence-electron chi connectivity index (χ3n) is 4.19. The van der Waals surface area contributed by atoms with Crippen LogP contribution in [-0.4, -0.2) is 38.6 Å². The summed E-state index contributed by atoms with van der Waals surface area (Å²) in [7, 11) is 3.78. The second-order valence-electron chi connectivity index (χ2n) is 6.12. The summed E-state index contributed by atoms with van der Waals surface area (Å²) in [5, 5.41) is 6.50. The quantitative estimate of drug-likeness (QED) is 0.523. The standard InChI is InChI=1S/C19H19N5OS/c1-23(11-15-12-26-13-21-15)10-14-5-6-18(25-2)16(8-14)17-9-20-19-4-3-7-22-24(17)19/h3-9,12-13H,10-11H2,1-2H3. The first-order chi connectivity index (χ1) is 12.7. The first-order valence-electron chi connectivity index (χ1n) is 8.26. The fourth-order valence-corrected chi connectivity index (χ4v) is 3.58. The van der Waals surface area contributed by atoms with Gasteiger partial charge >= 0.3 is 0 Å². The zero-order valence-corrected chi connectivity index (χ0v) is 15.5. The number of thiazole rings is 1. The molecule has 4 aromatic rings. The Balaban J connectivity index is 1.65. The fraction of sp³-hybridized carbons (Fsp3) is 0.211. The number of benzene rings is 1. The number of ether oxygens (including phenoxy) is 1. The minimum absolute atomic E-state index is 0.809. The van der Waals surface area contributed by atoms with Gasteiger partial charge in [0.1, 0.15) is 5.75 Å². The number of fused-ring (bicyclic) bond motifs is 1. The Kier molecular flexibility index (Phi) is 4.64. The molecule has 0 atom stereocenters. The van der Waals surface area contributed by atoms with E-state index in [9.17, 15) is 0 Å². The topological polar surface area (TPSA) is 55.5 Å². The maximum Gasteiger partial charge on any atom is 0.154 e. The lowest BCUT2D eigenvalue weighted by molar-refractivity contribution is 0.315. The number of methoxy groups -OCH3 is 1. The molecule has 7 heteroatoms. The van der Waals surface area contributed by atoms with Gasteiger partial charge < -0.3 is 4.74 Å². The summed E-state index contributed by atoms with van der Waals surface area (Å²) in [6.07, 6.45) is 3.60. The van der Waals surface area contributed by atoms with Gasteiger partial charge in [0.2, 0.25) is 0 Å². The Hall–Kier alpha value is -2.77. The van der Waals surface area contributed by atoms with Crippen molar-refractivity contribution in [2.24, 2.45) is 0 Å². The summed E-state index contributed by atoms with van der Waals surface area (Å²) in [6, 6.07) is 10.1. The van der Waals surface area contributed by atoms with Gasteiger partial charge in [-0.3, -0.25) is 4.90 Å². The van der Waals surface area contributed by atoms with Gasteiger partial charge in [0, 0.05) is 30.2 Å². The Morgan fingerprint density at radius 3 is 2.92 bits per heavy atom. The summed E-state index contributed by atoms with van der Waals surface area (Å²) < 4.78 is 7.41. The van der Waals surface area contributed by atoms with Crippen LogP contribution in [0.5, 0.6) is 5.75 Å². The second-order valence-corrected chi connectivity index (χ2v) is 6.84. The summed E-state index contributed by atoms with van der Waals surface area (Å²) in [5.74, 6) is 0.809. The molecular formula is C19H19N5OS. The minimum Gasteiger partial charge on any atom is -0.496 e. The van der Waals surface area contributed by atoms with Gasteiger partial charge in [0.15, 0.2) is 5.65 Å². The predicted octanol–water partition coefficient (Wildman–Crippen LogP) is 3.49. The van der Waals surface area contributed by atoms with E-state index in [4.69, 9.17) is 4.74 Å². The molecule has 3 heterocycles. The minimum atomic E-state index is 0.809. The Morgan fingerprint density at radius 1 is 1.19 bits per heavy atom. The fourth-order valence-electron chi connectivity index (χ4n) is 3.03. The molecule has 0 aliphatic carbocycles. The molecule has 0 amide bonds. The van der Waals surface area contributed by atoms with Crippen molar-refractivity contribution < 1.29 is 4.74 Å². The highest BCUT2D eigenvalue weighted by Gasteiger charge is 2.13. The average molecular weight is 365 g/mol. The zero-order chi connectivity index (χ0) is 17.9. The number of aromatic nitrogens is 4. The average Bonchev–Trinajstić information content (AvgIpc) is 3.31. The maximum atomic E-state index is 5.57. The van der Waals surface area contributed by atoms with Crippen molar-refractivity contribution in [3.05, 3.63) is 64.9 Å². The van der Waals surface area contributed by atoms with Crippen molar-refractivity contribution in [2.45, 2.75) is 13.1 Å². The Bertz CT molecular complexity index is 1010. The van der Waals surface area contributed by atoms with Crippen LogP contribution in [0.3, 0.4) is 0 Å². The summed E-state index contributed by atoms with van der Waals surface area (Å²) >= 11 is 1.62. The van der Waals surface area contributed by atoms with Crippen LogP contribution in [0.2, 0.25) is 0 Å². The van der Waals surface area contributed by atoms with E-state index in [2.05, 4.69) is 44.5 Å². The van der Waals surface area contributed by atoms with Crippen molar-refractivity contribution in [2.75, 3.05) is 14.2 Å². The van der Waals surface area contributed by atoms with Crippen molar-refractivity contribution >= 4 is 17.0 Å². The lowest BCUT2D eigenvalue weighted by atomic mass is 10.1. The molecule has 0 aliphatic heterocycles. The highest BCUT2D eigenvalue weighted by Crippen LogP contribution is 2.31. The number of hydrogen-bond donors (Lipinski definition) is 0. The molecule has 0 saturated heterocycles. The molecule has 26 heavy (non-hydrogen) atoms. The van der Waals surface area contributed by atoms with E-state index in [0.717, 1.165) is 41.4 Å². The van der Waals surface area contributed by atoms with E-state index in [1.54, 1.807) is 24.6 Å². The molecule has 0 bridgehead atoms. The molecule has 6 nitrogen and oxygen atoms in total. The molecular weight excluding hydrogens is 346 g/mol. The molecule has 0 aliphatic rings. The van der Waals surface area contributed by atoms with Crippen molar-refractivity contribution in [1.29, 1.82) is 0 Å². The van der Waals surface area contributed by atoms with Gasteiger partial charge in [-0.15, -0.1) is 11.3 Å². The first kappa shape index (κ1) is 16.7. The molecule has 0 saturated carbocycles. The van der Waals surface area contributed by atoms with Crippen LogP contribution >= 0.6 is 11.3 Å². The van der Waals surface area contributed by atoms with Gasteiger partial charge in [0.25, 0.3) is 0 Å². The van der Waals surface area contributed by atoms with E-state index < -0.39 is 0 Å². The normalized spacial score (nSPS) is 11.3. The van der Waals surface area contributed by atoms with Crippen molar-refractivity contribution in [3.63, 3.8) is 0 Å². The molecule has 132 valence electrons. The lowest BCUT2D eigenvalue weighted by Gasteiger charge is -2.17. The second kappa shape index (κ2) is 7.23. The summed E-state index contributed by atoms with van der Waals surface area (Å²) in [5.41, 5.74) is 6.88. The molecule has 4 rings (SSSR count). The molecule has 1 aromatic carbocycles. The Morgan fingerprint density at radius 2 is 2.12 bits per heavy atom. The molecule has 0 unspecified atom stereocenters. The smallest absolute Gasteiger partial charge is 0.154 e. The third kappa shape index (κ3) is 3.31. The van der Waals surface area contributed by atoms with Crippen molar-refractivity contribution in [1.82, 2.24) is 24.5 Å². The van der Waals surface area contributed by atoms with Crippen LogP contribution < -0.4 is 4.74 Å². The van der Waals surface area contributed by atoms with Gasteiger partial charge in [-0.05, 0) is 36.9 Å². The monoisotopic (exact) mass is 365 g/mol.